The summed E-state index contributed by atoms with van der Waals surface area (Å²) in [5.74, 6) is 1.83. The lowest BCUT2D eigenvalue weighted by Gasteiger charge is -2.24. The van der Waals surface area contributed by atoms with Gasteiger partial charge in [0.25, 0.3) is 0 Å². The van der Waals surface area contributed by atoms with Crippen LogP contribution in [0.5, 0.6) is 0 Å². The molecule has 3 rings (SSSR count). The molecule has 0 spiro atoms. The van der Waals surface area contributed by atoms with Crippen molar-refractivity contribution >= 4 is 11.8 Å². The van der Waals surface area contributed by atoms with E-state index >= 15 is 0 Å². The minimum Gasteiger partial charge on any atom is -0.376 e. The zero-order valence-electron chi connectivity index (χ0n) is 11.6. The Hall–Kier alpha value is -1.36. The van der Waals surface area contributed by atoms with E-state index in [9.17, 15) is 0 Å². The predicted octanol–water partition coefficient (Wildman–Crippen LogP) is 1.97. The van der Waals surface area contributed by atoms with Crippen molar-refractivity contribution in [3.8, 4) is 0 Å². The quantitative estimate of drug-likeness (QED) is 0.883. The summed E-state index contributed by atoms with van der Waals surface area (Å²) in [5, 5.41) is 3.19. The monoisotopic (exact) mass is 262 g/mol. The van der Waals surface area contributed by atoms with Crippen molar-refractivity contribution < 1.29 is 4.74 Å². The van der Waals surface area contributed by atoms with Gasteiger partial charge in [-0.25, -0.2) is 4.98 Å². The van der Waals surface area contributed by atoms with E-state index in [2.05, 4.69) is 10.2 Å². The maximum Gasteiger partial charge on any atom is 0.227 e. The van der Waals surface area contributed by atoms with Crippen molar-refractivity contribution in [3.63, 3.8) is 0 Å². The van der Waals surface area contributed by atoms with Gasteiger partial charge in [-0.2, -0.15) is 4.98 Å². The first-order valence-electron chi connectivity index (χ1n) is 7.28. The molecular formula is C14H22N4O. The number of nitrogens with one attached hydrogen (secondary N) is 1. The van der Waals surface area contributed by atoms with E-state index in [4.69, 9.17) is 14.7 Å². The second-order valence-electron chi connectivity index (χ2n) is 5.25. The van der Waals surface area contributed by atoms with E-state index in [1.54, 1.807) is 0 Å². The number of aromatic nitrogens is 2. The Morgan fingerprint density at radius 2 is 1.89 bits per heavy atom. The highest BCUT2D eigenvalue weighted by atomic mass is 16.5. The lowest BCUT2D eigenvalue weighted by atomic mass is 10.1. The fourth-order valence-corrected chi connectivity index (χ4v) is 2.84. The number of nitrogens with zero attached hydrogens (tertiary/aromatic N) is 3. The second kappa shape index (κ2) is 5.74. The molecule has 1 aromatic heterocycles. The van der Waals surface area contributed by atoms with Crippen LogP contribution in [0.3, 0.4) is 0 Å². The summed E-state index contributed by atoms with van der Waals surface area (Å²) in [6, 6.07) is 0. The van der Waals surface area contributed by atoms with Crippen molar-refractivity contribution in [2.45, 2.75) is 38.7 Å². The minimum absolute atomic E-state index is 0.631. The summed E-state index contributed by atoms with van der Waals surface area (Å²) in [7, 11) is 1.92. The standard InChI is InChI=1S/C14H22N4O/c1-15-13-11-10-19-9-6-12(11)16-14(17-13)18-7-4-2-3-5-8-18/h2-10H2,1H3,(H,15,16,17). The number of anilines is 2. The molecule has 1 saturated heterocycles. The molecule has 0 amide bonds. The summed E-state index contributed by atoms with van der Waals surface area (Å²) < 4.78 is 5.51. The average molecular weight is 262 g/mol. The fraction of sp³-hybridized carbons (Fsp3) is 0.714. The van der Waals surface area contributed by atoms with Crippen molar-refractivity contribution in [1.29, 1.82) is 0 Å². The first kappa shape index (κ1) is 12.7. The smallest absolute Gasteiger partial charge is 0.227 e. The van der Waals surface area contributed by atoms with Gasteiger partial charge >= 0.3 is 0 Å². The van der Waals surface area contributed by atoms with Crippen LogP contribution in [0.2, 0.25) is 0 Å². The SMILES string of the molecule is CNc1nc(N2CCCCCC2)nc2c1COCC2. The summed E-state index contributed by atoms with van der Waals surface area (Å²) in [6.07, 6.45) is 6.05. The molecule has 0 unspecified atom stereocenters. The van der Waals surface area contributed by atoms with Crippen LogP contribution in [0.4, 0.5) is 11.8 Å². The summed E-state index contributed by atoms with van der Waals surface area (Å²) in [5.41, 5.74) is 2.29. The van der Waals surface area contributed by atoms with Gasteiger partial charge in [0.15, 0.2) is 0 Å². The lowest BCUT2D eigenvalue weighted by Crippen LogP contribution is -2.28. The third-order valence-corrected chi connectivity index (χ3v) is 3.94. The maximum atomic E-state index is 5.51. The Kier molecular flexibility index (Phi) is 3.82. The number of rotatable bonds is 2. The largest absolute Gasteiger partial charge is 0.376 e. The number of hydrogen-bond acceptors (Lipinski definition) is 5. The molecule has 5 heteroatoms. The van der Waals surface area contributed by atoms with Crippen LogP contribution in [-0.2, 0) is 17.8 Å². The third kappa shape index (κ3) is 2.66. The Balaban J connectivity index is 1.92. The van der Waals surface area contributed by atoms with Gasteiger partial charge in [0, 0.05) is 32.1 Å². The highest BCUT2D eigenvalue weighted by molar-refractivity contribution is 5.51. The molecule has 2 aliphatic heterocycles. The van der Waals surface area contributed by atoms with Gasteiger partial charge < -0.3 is 15.0 Å². The van der Waals surface area contributed by atoms with Crippen molar-refractivity contribution in [2.24, 2.45) is 0 Å². The van der Waals surface area contributed by atoms with Crippen LogP contribution >= 0.6 is 0 Å². The minimum atomic E-state index is 0.631. The molecule has 0 radical (unpaired) electrons. The highest BCUT2D eigenvalue weighted by Gasteiger charge is 2.20. The molecule has 1 aromatic rings. The molecule has 19 heavy (non-hydrogen) atoms. The van der Waals surface area contributed by atoms with E-state index in [-0.39, 0.29) is 0 Å². The van der Waals surface area contributed by atoms with Crippen LogP contribution in [0.15, 0.2) is 0 Å². The van der Waals surface area contributed by atoms with Crippen LogP contribution in [0, 0.1) is 0 Å². The predicted molar refractivity (Wildman–Crippen MR) is 75.6 cm³/mol. The number of ether oxygens (including phenoxy) is 1. The molecule has 2 aliphatic rings. The molecule has 0 saturated carbocycles. The van der Waals surface area contributed by atoms with Crippen molar-refractivity contribution in [1.82, 2.24) is 9.97 Å². The summed E-state index contributed by atoms with van der Waals surface area (Å²) in [6.45, 7) is 3.56. The Labute approximate surface area is 114 Å². The number of hydrogen-bond donors (Lipinski definition) is 1. The normalized spacial score (nSPS) is 19.7. The van der Waals surface area contributed by atoms with Crippen LogP contribution in [0.1, 0.15) is 36.9 Å². The van der Waals surface area contributed by atoms with Crippen molar-refractivity contribution in [3.05, 3.63) is 11.3 Å². The van der Waals surface area contributed by atoms with Gasteiger partial charge in [0.2, 0.25) is 5.95 Å². The molecule has 0 aromatic carbocycles. The molecule has 0 aliphatic carbocycles. The zero-order valence-corrected chi connectivity index (χ0v) is 11.6. The Morgan fingerprint density at radius 1 is 1.11 bits per heavy atom. The maximum absolute atomic E-state index is 5.51. The van der Waals surface area contributed by atoms with Gasteiger partial charge in [-0.3, -0.25) is 0 Å². The average Bonchev–Trinajstić information content (AvgIpc) is 2.75. The van der Waals surface area contributed by atoms with Gasteiger partial charge in [-0.05, 0) is 12.8 Å². The second-order valence-corrected chi connectivity index (χ2v) is 5.25. The molecule has 3 heterocycles. The third-order valence-electron chi connectivity index (χ3n) is 3.94. The van der Waals surface area contributed by atoms with E-state index < -0.39 is 0 Å². The number of fused-ring (bicyclic) bond motifs is 1. The summed E-state index contributed by atoms with van der Waals surface area (Å²) >= 11 is 0. The first-order chi connectivity index (χ1) is 9.38. The zero-order chi connectivity index (χ0) is 13.1. The molecule has 1 fully saturated rings. The highest BCUT2D eigenvalue weighted by Crippen LogP contribution is 2.25. The molecule has 1 N–H and O–H groups in total. The van der Waals surface area contributed by atoms with Crippen LogP contribution < -0.4 is 10.2 Å². The van der Waals surface area contributed by atoms with E-state index in [0.717, 1.165) is 49.1 Å². The van der Waals surface area contributed by atoms with E-state index in [1.807, 2.05) is 7.05 Å². The molecule has 0 atom stereocenters. The van der Waals surface area contributed by atoms with E-state index in [1.165, 1.54) is 25.7 Å². The summed E-state index contributed by atoms with van der Waals surface area (Å²) in [4.78, 5) is 11.8. The molecule has 5 nitrogen and oxygen atoms in total. The topological polar surface area (TPSA) is 50.3 Å². The van der Waals surface area contributed by atoms with Gasteiger partial charge in [-0.15, -0.1) is 0 Å². The van der Waals surface area contributed by atoms with Crippen molar-refractivity contribution in [2.75, 3.05) is 37.0 Å². The molecular weight excluding hydrogens is 240 g/mol. The van der Waals surface area contributed by atoms with E-state index in [0.29, 0.717) is 6.61 Å². The fourth-order valence-electron chi connectivity index (χ4n) is 2.84. The van der Waals surface area contributed by atoms with Crippen LogP contribution in [-0.4, -0.2) is 36.7 Å². The van der Waals surface area contributed by atoms with Gasteiger partial charge in [0.05, 0.1) is 18.9 Å². The van der Waals surface area contributed by atoms with Gasteiger partial charge in [-0.1, -0.05) is 12.8 Å². The molecule has 0 bridgehead atoms. The Bertz CT molecular complexity index is 424. The van der Waals surface area contributed by atoms with Crippen LogP contribution in [0.25, 0.3) is 0 Å². The first-order valence-corrected chi connectivity index (χ1v) is 7.28. The Morgan fingerprint density at radius 3 is 2.63 bits per heavy atom. The van der Waals surface area contributed by atoms with Gasteiger partial charge in [0.1, 0.15) is 5.82 Å². The molecule has 104 valence electrons. The lowest BCUT2D eigenvalue weighted by molar-refractivity contribution is 0.109.